The Kier molecular flexibility index (Phi) is 3.27. The van der Waals surface area contributed by atoms with Crippen molar-refractivity contribution in [3.63, 3.8) is 0 Å². The van der Waals surface area contributed by atoms with Crippen molar-refractivity contribution in [3.05, 3.63) is 65.8 Å². The fourth-order valence-electron chi connectivity index (χ4n) is 3.44. The third kappa shape index (κ3) is 2.30. The topological polar surface area (TPSA) is 95.7 Å². The van der Waals surface area contributed by atoms with Crippen LogP contribution in [0.5, 0.6) is 5.88 Å². The molecule has 0 amide bonds. The lowest BCUT2D eigenvalue weighted by Gasteiger charge is -2.26. The van der Waals surface area contributed by atoms with Crippen LogP contribution in [0.4, 0.5) is 0 Å². The van der Waals surface area contributed by atoms with Crippen LogP contribution in [0.2, 0.25) is 0 Å². The summed E-state index contributed by atoms with van der Waals surface area (Å²) in [6.45, 7) is 3.26. The average Bonchev–Trinajstić information content (AvgIpc) is 3.39. The molecule has 1 aliphatic heterocycles. The molecule has 4 aromatic rings. The summed E-state index contributed by atoms with van der Waals surface area (Å²) in [4.78, 5) is 21.4. The molecular formula is C19H14N4O4. The van der Waals surface area contributed by atoms with Crippen LogP contribution in [-0.2, 0) is 4.79 Å². The highest BCUT2D eigenvalue weighted by Gasteiger charge is 2.37. The van der Waals surface area contributed by atoms with Gasteiger partial charge >= 0.3 is 0 Å². The maximum atomic E-state index is 12.4. The number of aromatic nitrogens is 4. The quantitative estimate of drug-likeness (QED) is 0.551. The summed E-state index contributed by atoms with van der Waals surface area (Å²) < 4.78 is 18.4. The number of carbonyl (C=O) groups excluding carboxylic acids is 1. The first-order chi connectivity index (χ1) is 13.1. The molecule has 0 aromatic carbocycles. The van der Waals surface area contributed by atoms with Crippen LogP contribution in [0.25, 0.3) is 17.2 Å². The molecule has 0 aliphatic carbocycles. The summed E-state index contributed by atoms with van der Waals surface area (Å²) >= 11 is 0. The molecule has 0 unspecified atom stereocenters. The zero-order valence-electron chi connectivity index (χ0n) is 14.5. The zero-order valence-corrected chi connectivity index (χ0v) is 14.5. The van der Waals surface area contributed by atoms with E-state index in [-0.39, 0.29) is 5.78 Å². The molecule has 0 radical (unpaired) electrons. The minimum Gasteiger partial charge on any atom is -0.468 e. The number of carbonyl (C=O) groups is 1. The number of hydrogen-bond donors (Lipinski definition) is 0. The van der Waals surface area contributed by atoms with Crippen LogP contribution in [0, 0.1) is 0 Å². The Balaban J connectivity index is 1.80. The third-order valence-electron chi connectivity index (χ3n) is 4.54. The second-order valence-electron chi connectivity index (χ2n) is 6.22. The molecule has 8 heteroatoms. The molecule has 0 bridgehead atoms. The first-order valence-corrected chi connectivity index (χ1v) is 8.35. The van der Waals surface area contributed by atoms with Crippen molar-refractivity contribution in [2.45, 2.75) is 19.8 Å². The lowest BCUT2D eigenvalue weighted by molar-refractivity contribution is -0.114. The van der Waals surface area contributed by atoms with E-state index < -0.39 is 5.92 Å². The van der Waals surface area contributed by atoms with Gasteiger partial charge in [-0.25, -0.2) is 14.5 Å². The van der Waals surface area contributed by atoms with Gasteiger partial charge in [-0.15, -0.1) is 5.10 Å². The standard InChI is InChI=1S/C19H14N4O4/c1-10(24)14-11(2)27-19-16(15(14)12-5-3-7-25-12)18-21-17(13-6-4-8-26-13)22-23(18)9-20-19/h3-9,15H,1-2H3/t15-/m0/s1. The van der Waals surface area contributed by atoms with E-state index in [9.17, 15) is 4.79 Å². The van der Waals surface area contributed by atoms with Gasteiger partial charge in [0.1, 0.15) is 17.8 Å². The monoisotopic (exact) mass is 362 g/mol. The predicted molar refractivity (Wildman–Crippen MR) is 93.0 cm³/mol. The smallest absolute Gasteiger partial charge is 0.228 e. The van der Waals surface area contributed by atoms with Crippen molar-refractivity contribution in [2.24, 2.45) is 0 Å². The highest BCUT2D eigenvalue weighted by atomic mass is 16.5. The number of furan rings is 2. The van der Waals surface area contributed by atoms with Crippen LogP contribution in [0.3, 0.4) is 0 Å². The van der Waals surface area contributed by atoms with Gasteiger partial charge in [0.25, 0.3) is 0 Å². The van der Waals surface area contributed by atoms with Gasteiger partial charge in [-0.05, 0) is 38.1 Å². The van der Waals surface area contributed by atoms with E-state index in [2.05, 4.69) is 15.1 Å². The lowest BCUT2D eigenvalue weighted by atomic mass is 9.85. The second-order valence-corrected chi connectivity index (χ2v) is 6.22. The molecule has 134 valence electrons. The van der Waals surface area contributed by atoms with E-state index in [0.29, 0.717) is 45.8 Å². The Morgan fingerprint density at radius 1 is 1.19 bits per heavy atom. The number of nitrogens with zero attached hydrogens (tertiary/aromatic N) is 4. The first-order valence-electron chi connectivity index (χ1n) is 8.35. The van der Waals surface area contributed by atoms with E-state index in [1.165, 1.54) is 13.3 Å². The first kappa shape index (κ1) is 15.6. The number of hydrogen-bond acceptors (Lipinski definition) is 7. The average molecular weight is 362 g/mol. The van der Waals surface area contributed by atoms with Gasteiger partial charge in [0.05, 0.1) is 24.0 Å². The van der Waals surface area contributed by atoms with Gasteiger partial charge in [-0.3, -0.25) is 4.79 Å². The van der Waals surface area contributed by atoms with Gasteiger partial charge in [-0.1, -0.05) is 0 Å². The SMILES string of the molecule is CC(=O)C1=C(C)Oc2ncn3nc(-c4ccco4)nc3c2[C@H]1c1ccco1. The Hall–Kier alpha value is -3.68. The molecule has 0 spiro atoms. The van der Waals surface area contributed by atoms with Crippen LogP contribution >= 0.6 is 0 Å². The highest BCUT2D eigenvalue weighted by molar-refractivity contribution is 5.97. The maximum absolute atomic E-state index is 12.4. The predicted octanol–water partition coefficient (Wildman–Crippen LogP) is 3.36. The molecular weight excluding hydrogens is 348 g/mol. The molecule has 0 N–H and O–H groups in total. The molecule has 5 heterocycles. The molecule has 0 saturated carbocycles. The van der Waals surface area contributed by atoms with Gasteiger partial charge in [0.15, 0.2) is 17.2 Å². The number of Topliss-reactive ketones (excluding diaryl/α,β-unsaturated/α-hetero) is 1. The van der Waals surface area contributed by atoms with Crippen LogP contribution < -0.4 is 4.74 Å². The molecule has 1 aliphatic rings. The van der Waals surface area contributed by atoms with E-state index >= 15 is 0 Å². The fraction of sp³-hybridized carbons (Fsp3) is 0.158. The second kappa shape index (κ2) is 5.66. The van der Waals surface area contributed by atoms with E-state index in [1.54, 1.807) is 42.2 Å². The summed E-state index contributed by atoms with van der Waals surface area (Å²) in [5.74, 6) is 1.87. The number of ketones is 1. The van der Waals surface area contributed by atoms with Crippen molar-refractivity contribution < 1.29 is 18.4 Å². The van der Waals surface area contributed by atoms with Crippen molar-refractivity contribution in [1.29, 1.82) is 0 Å². The van der Waals surface area contributed by atoms with Crippen molar-refractivity contribution in [3.8, 4) is 17.5 Å². The van der Waals surface area contributed by atoms with Gasteiger partial charge in [-0.2, -0.15) is 0 Å². The number of allylic oxidation sites excluding steroid dienone is 2. The number of rotatable bonds is 3. The summed E-state index contributed by atoms with van der Waals surface area (Å²) in [6.07, 6.45) is 4.66. The van der Waals surface area contributed by atoms with Crippen LogP contribution in [0.15, 0.2) is 63.3 Å². The summed E-state index contributed by atoms with van der Waals surface area (Å²) in [6, 6.07) is 7.15. The van der Waals surface area contributed by atoms with E-state index in [4.69, 9.17) is 13.6 Å². The summed E-state index contributed by atoms with van der Waals surface area (Å²) in [5.41, 5.74) is 1.67. The van der Waals surface area contributed by atoms with Gasteiger partial charge < -0.3 is 13.6 Å². The van der Waals surface area contributed by atoms with Crippen molar-refractivity contribution in [2.75, 3.05) is 0 Å². The fourth-order valence-corrected chi connectivity index (χ4v) is 3.44. The number of ether oxygens (including phenoxy) is 1. The Morgan fingerprint density at radius 3 is 2.70 bits per heavy atom. The largest absolute Gasteiger partial charge is 0.468 e. The molecule has 4 aromatic heterocycles. The van der Waals surface area contributed by atoms with Gasteiger partial charge in [0, 0.05) is 5.57 Å². The third-order valence-corrected chi connectivity index (χ3v) is 4.54. The normalized spacial score (nSPS) is 16.4. The van der Waals surface area contributed by atoms with Crippen LogP contribution in [-0.4, -0.2) is 25.4 Å². The van der Waals surface area contributed by atoms with E-state index in [0.717, 1.165) is 0 Å². The zero-order chi connectivity index (χ0) is 18.5. The Labute approximate surface area is 153 Å². The highest BCUT2D eigenvalue weighted by Crippen LogP contribution is 2.44. The Bertz CT molecular complexity index is 1190. The molecule has 0 saturated heterocycles. The molecule has 0 fully saturated rings. The van der Waals surface area contributed by atoms with Gasteiger partial charge in [0.2, 0.25) is 11.7 Å². The molecule has 5 rings (SSSR count). The molecule has 8 nitrogen and oxygen atoms in total. The Morgan fingerprint density at radius 2 is 2.00 bits per heavy atom. The minimum absolute atomic E-state index is 0.104. The molecule has 27 heavy (non-hydrogen) atoms. The number of fused-ring (bicyclic) bond motifs is 3. The minimum atomic E-state index is -0.480. The van der Waals surface area contributed by atoms with E-state index in [1.807, 2.05) is 6.07 Å². The summed E-state index contributed by atoms with van der Waals surface area (Å²) in [5, 5.41) is 4.43. The van der Waals surface area contributed by atoms with Crippen molar-refractivity contribution >= 4 is 11.4 Å². The van der Waals surface area contributed by atoms with Crippen molar-refractivity contribution in [1.82, 2.24) is 19.6 Å². The summed E-state index contributed by atoms with van der Waals surface area (Å²) in [7, 11) is 0. The maximum Gasteiger partial charge on any atom is 0.228 e. The van der Waals surface area contributed by atoms with Crippen LogP contribution in [0.1, 0.15) is 31.1 Å². The lowest BCUT2D eigenvalue weighted by Crippen LogP contribution is -2.21. The molecule has 1 atom stereocenters.